The summed E-state index contributed by atoms with van der Waals surface area (Å²) in [6, 6.07) is 5.60. The molecule has 35 heavy (non-hydrogen) atoms. The molecule has 2 aromatic rings. The van der Waals surface area contributed by atoms with Gasteiger partial charge < -0.3 is 10.6 Å². The number of carbonyl (C=O) groups is 3. The molecule has 0 aromatic carbocycles. The average molecular weight is 478 g/mol. The van der Waals surface area contributed by atoms with Gasteiger partial charge in [0.05, 0.1) is 12.7 Å². The monoisotopic (exact) mass is 477 g/mol. The summed E-state index contributed by atoms with van der Waals surface area (Å²) in [5.74, 6) is 2.69. The number of piperidine rings is 1. The molecule has 4 heterocycles. The fraction of sp³-hybridized carbons (Fsp3) is 0.615. The number of fused-ring (bicyclic) bond motifs is 1. The summed E-state index contributed by atoms with van der Waals surface area (Å²) in [6.07, 6.45) is 10.5. The maximum absolute atomic E-state index is 13.6. The number of hydrogen-bond acceptors (Lipinski definition) is 4. The van der Waals surface area contributed by atoms with Crippen LogP contribution in [0.5, 0.6) is 0 Å². The third kappa shape index (κ3) is 3.46. The van der Waals surface area contributed by atoms with Gasteiger partial charge in [-0.15, -0.1) is 0 Å². The van der Waals surface area contributed by atoms with Gasteiger partial charge in [0.15, 0.2) is 11.2 Å². The number of hydrogen-bond donors (Lipinski definition) is 4. The molecule has 0 unspecified atom stereocenters. The third-order valence-electron chi connectivity index (χ3n) is 9.42. The van der Waals surface area contributed by atoms with E-state index in [1.807, 2.05) is 28.8 Å². The van der Waals surface area contributed by atoms with Crippen molar-refractivity contribution in [3.63, 3.8) is 0 Å². The summed E-state index contributed by atoms with van der Waals surface area (Å²) >= 11 is 0. The molecule has 2 aromatic heterocycles. The molecule has 0 atom stereocenters. The van der Waals surface area contributed by atoms with E-state index in [1.54, 1.807) is 0 Å². The van der Waals surface area contributed by atoms with Gasteiger partial charge in [-0.3, -0.25) is 19.8 Å². The summed E-state index contributed by atoms with van der Waals surface area (Å²) < 4.78 is 1.97. The molecule has 4 saturated carbocycles. The van der Waals surface area contributed by atoms with Crippen LogP contribution in [0.25, 0.3) is 5.52 Å². The Hall–Kier alpha value is -2.94. The minimum absolute atomic E-state index is 0.0117. The van der Waals surface area contributed by atoms with Gasteiger partial charge in [-0.25, -0.2) is 9.78 Å². The molecule has 6 aliphatic rings. The molecule has 1 spiro atoms. The zero-order valence-corrected chi connectivity index (χ0v) is 19.9. The van der Waals surface area contributed by atoms with Gasteiger partial charge in [0, 0.05) is 18.6 Å². The largest absolute Gasteiger partial charge is 0.351 e. The van der Waals surface area contributed by atoms with Crippen LogP contribution in [0.15, 0.2) is 24.4 Å². The lowest BCUT2D eigenvalue weighted by Gasteiger charge is -2.56. The van der Waals surface area contributed by atoms with Crippen LogP contribution in [0.1, 0.15) is 67.7 Å². The van der Waals surface area contributed by atoms with Crippen molar-refractivity contribution in [2.24, 2.45) is 17.8 Å². The quantitative estimate of drug-likeness (QED) is 0.396. The molecule has 184 valence electrons. The van der Waals surface area contributed by atoms with Crippen molar-refractivity contribution in [3.05, 3.63) is 35.9 Å². The molecule has 9 nitrogen and oxygen atoms in total. The van der Waals surface area contributed by atoms with Crippen molar-refractivity contribution in [1.29, 1.82) is 0 Å². The van der Waals surface area contributed by atoms with Crippen LogP contribution < -0.4 is 20.4 Å². The van der Waals surface area contributed by atoms with E-state index in [1.165, 1.54) is 19.3 Å². The standard InChI is InChI=1S/C26H32N6O3/c33-22(29-25-12-16-9-17(13-25)11-18(10-16)14-25)21-27-19(20-3-1-2-6-32(20)21)15-31-7-4-26(5-8-31)23(34)28-24(35)30-26/h1-3,6,16-18H,4-5,7-15H2,(H3,28,29,30,33,34,35)/p+1. The van der Waals surface area contributed by atoms with Gasteiger partial charge in [-0.1, -0.05) is 6.07 Å². The summed E-state index contributed by atoms with van der Waals surface area (Å²) in [7, 11) is 0. The number of likely N-dealkylation sites (tertiary alicyclic amines) is 1. The maximum Gasteiger partial charge on any atom is 0.351 e. The number of imidazole rings is 1. The Bertz CT molecular complexity index is 1190. The zero-order chi connectivity index (χ0) is 23.8. The van der Waals surface area contributed by atoms with Crippen LogP contribution in [0.4, 0.5) is 4.79 Å². The van der Waals surface area contributed by atoms with Gasteiger partial charge in [-0.2, -0.15) is 4.40 Å². The Kier molecular flexibility index (Phi) is 4.59. The van der Waals surface area contributed by atoms with Gasteiger partial charge in [-0.05, 0) is 81.3 Å². The van der Waals surface area contributed by atoms with Crippen molar-refractivity contribution in [3.8, 4) is 0 Å². The second-order valence-electron chi connectivity index (χ2n) is 11.8. The number of aromatic nitrogens is 2. The van der Waals surface area contributed by atoms with E-state index in [-0.39, 0.29) is 17.4 Å². The first-order chi connectivity index (χ1) is 16.9. The van der Waals surface area contributed by atoms with Crippen molar-refractivity contribution in [2.45, 2.75) is 69.0 Å². The van der Waals surface area contributed by atoms with E-state index in [0.29, 0.717) is 38.3 Å². The maximum atomic E-state index is 13.6. The van der Waals surface area contributed by atoms with Gasteiger partial charge in [0.1, 0.15) is 5.54 Å². The summed E-state index contributed by atoms with van der Waals surface area (Å²) in [4.78, 5) is 43.3. The van der Waals surface area contributed by atoms with E-state index in [2.05, 4.69) is 25.8 Å². The topological polar surface area (TPSA) is 110 Å². The zero-order valence-electron chi connectivity index (χ0n) is 19.9. The Morgan fingerprint density at radius 2 is 1.74 bits per heavy atom. The van der Waals surface area contributed by atoms with Crippen molar-refractivity contribution in [1.82, 2.24) is 25.8 Å². The van der Waals surface area contributed by atoms with Gasteiger partial charge in [0.2, 0.25) is 0 Å². The minimum Gasteiger partial charge on any atom is -0.340 e. The molecular weight excluding hydrogens is 444 g/mol. The number of nitrogens with zero attached hydrogens (tertiary/aromatic N) is 2. The molecule has 6 fully saturated rings. The number of H-pyrrole nitrogens is 1. The number of imide groups is 1. The van der Waals surface area contributed by atoms with Gasteiger partial charge >= 0.3 is 17.8 Å². The smallest absolute Gasteiger partial charge is 0.340 e. The van der Waals surface area contributed by atoms with Crippen LogP contribution in [0, 0.1) is 17.8 Å². The van der Waals surface area contributed by atoms with Crippen molar-refractivity contribution < 1.29 is 18.8 Å². The van der Waals surface area contributed by atoms with E-state index in [9.17, 15) is 14.4 Å². The van der Waals surface area contributed by atoms with Crippen LogP contribution in [-0.4, -0.2) is 51.9 Å². The van der Waals surface area contributed by atoms with Crippen molar-refractivity contribution in [2.75, 3.05) is 13.1 Å². The fourth-order valence-corrected chi connectivity index (χ4v) is 8.20. The highest BCUT2D eigenvalue weighted by atomic mass is 16.2. The highest BCUT2D eigenvalue weighted by Crippen LogP contribution is 2.55. The minimum atomic E-state index is -0.775. The molecule has 4 bridgehead atoms. The summed E-state index contributed by atoms with van der Waals surface area (Å²) in [5.41, 5.74) is 1.18. The highest BCUT2D eigenvalue weighted by Gasteiger charge is 2.52. The first-order valence-corrected chi connectivity index (χ1v) is 13.1. The second kappa shape index (κ2) is 7.53. The van der Waals surface area contributed by atoms with Crippen LogP contribution >= 0.6 is 0 Å². The normalized spacial score (nSPS) is 33.3. The Morgan fingerprint density at radius 1 is 1.06 bits per heavy atom. The molecule has 0 radical (unpaired) electrons. The molecule has 8 rings (SSSR count). The first-order valence-electron chi connectivity index (χ1n) is 13.1. The number of amides is 4. The lowest BCUT2D eigenvalue weighted by molar-refractivity contribution is -0.514. The molecule has 4 N–H and O–H groups in total. The lowest BCUT2D eigenvalue weighted by Crippen LogP contribution is -2.60. The summed E-state index contributed by atoms with van der Waals surface area (Å²) in [5, 5.41) is 8.70. The lowest BCUT2D eigenvalue weighted by atomic mass is 9.53. The molecule has 2 aliphatic heterocycles. The number of pyridine rings is 1. The summed E-state index contributed by atoms with van der Waals surface area (Å²) in [6.45, 7) is 2.05. The Morgan fingerprint density at radius 3 is 2.37 bits per heavy atom. The first kappa shape index (κ1) is 21.4. The Balaban J connectivity index is 1.10. The molecule has 4 amide bonds. The Labute approximate surface area is 204 Å². The molecular formula is C26H33N6O3+. The number of carbonyl (C=O) groups excluding carboxylic acids is 3. The average Bonchev–Trinajstić information content (AvgIpc) is 3.31. The van der Waals surface area contributed by atoms with Gasteiger partial charge in [0.25, 0.3) is 5.91 Å². The predicted octanol–water partition coefficient (Wildman–Crippen LogP) is 1.63. The molecule has 2 saturated heterocycles. The van der Waals surface area contributed by atoms with E-state index < -0.39 is 11.6 Å². The highest BCUT2D eigenvalue weighted by molar-refractivity contribution is 6.07. The fourth-order valence-electron chi connectivity index (χ4n) is 8.20. The third-order valence-corrected chi connectivity index (χ3v) is 9.42. The molecule has 9 heteroatoms. The number of urea groups is 1. The van der Waals surface area contributed by atoms with Crippen molar-refractivity contribution >= 4 is 23.4 Å². The van der Waals surface area contributed by atoms with E-state index in [4.69, 9.17) is 0 Å². The SMILES string of the molecule is O=C1NC(=O)C2(CCN(Cc3[nH]c(C(=O)NC45CC6CC(CC(C6)C4)C5)[n+]4ccccc34)CC2)N1. The van der Waals surface area contributed by atoms with E-state index >= 15 is 0 Å². The van der Waals surface area contributed by atoms with Crippen LogP contribution in [0.2, 0.25) is 0 Å². The molecule has 4 aliphatic carbocycles. The number of rotatable bonds is 4. The predicted molar refractivity (Wildman–Crippen MR) is 126 cm³/mol. The van der Waals surface area contributed by atoms with E-state index in [0.717, 1.165) is 48.2 Å². The van der Waals surface area contributed by atoms with Crippen LogP contribution in [-0.2, 0) is 11.3 Å². The van der Waals surface area contributed by atoms with Crippen LogP contribution in [0.3, 0.4) is 0 Å². The second-order valence-corrected chi connectivity index (χ2v) is 11.8. The number of aromatic amines is 1. The number of nitrogens with one attached hydrogen (secondary N) is 4.